The van der Waals surface area contributed by atoms with Crippen molar-refractivity contribution in [2.24, 2.45) is 0 Å². The number of carbonyl (C=O) groups is 1. The molecule has 0 aromatic heterocycles. The van der Waals surface area contributed by atoms with E-state index in [0.29, 0.717) is 11.1 Å². The molecule has 1 aliphatic carbocycles. The SMILES string of the molecule is O=C(OCc1ccccc1[N+](=O)[O-])N(Cc1ccccc1[N+](=O)[O-])C1CCCCC1. The predicted molar refractivity (Wildman–Crippen MR) is 109 cm³/mol. The molecule has 1 aliphatic rings. The monoisotopic (exact) mass is 413 g/mol. The lowest BCUT2D eigenvalue weighted by atomic mass is 9.94. The van der Waals surface area contributed by atoms with E-state index in [4.69, 9.17) is 4.74 Å². The predicted octanol–water partition coefficient (Wildman–Crippen LogP) is 4.97. The topological polar surface area (TPSA) is 116 Å². The number of amides is 1. The number of benzene rings is 2. The molecule has 158 valence electrons. The molecule has 9 nitrogen and oxygen atoms in total. The highest BCUT2D eigenvalue weighted by Gasteiger charge is 2.29. The van der Waals surface area contributed by atoms with Gasteiger partial charge in [-0.05, 0) is 18.9 Å². The number of ether oxygens (including phenoxy) is 1. The summed E-state index contributed by atoms with van der Waals surface area (Å²) in [5.41, 5.74) is 0.555. The molecular weight excluding hydrogens is 390 g/mol. The molecular formula is C21H23N3O6. The number of nitro benzene ring substituents is 2. The molecule has 0 atom stereocenters. The lowest BCUT2D eigenvalue weighted by Crippen LogP contribution is -2.41. The van der Waals surface area contributed by atoms with Gasteiger partial charge in [0.15, 0.2) is 0 Å². The summed E-state index contributed by atoms with van der Waals surface area (Å²) in [6, 6.07) is 12.3. The van der Waals surface area contributed by atoms with Crippen molar-refractivity contribution in [1.29, 1.82) is 0 Å². The molecule has 2 aromatic rings. The molecule has 0 aliphatic heterocycles. The van der Waals surface area contributed by atoms with Crippen molar-refractivity contribution in [1.82, 2.24) is 4.90 Å². The highest BCUT2D eigenvalue weighted by molar-refractivity contribution is 5.68. The van der Waals surface area contributed by atoms with Crippen molar-refractivity contribution < 1.29 is 19.4 Å². The van der Waals surface area contributed by atoms with Crippen molar-refractivity contribution in [3.63, 3.8) is 0 Å². The first-order valence-corrected chi connectivity index (χ1v) is 9.85. The van der Waals surface area contributed by atoms with Crippen LogP contribution in [-0.4, -0.2) is 26.9 Å². The van der Waals surface area contributed by atoms with Gasteiger partial charge in [0, 0.05) is 23.7 Å². The Hall–Kier alpha value is -3.49. The van der Waals surface area contributed by atoms with E-state index in [1.165, 1.54) is 17.0 Å². The van der Waals surface area contributed by atoms with Crippen LogP contribution >= 0.6 is 0 Å². The number of hydrogen-bond donors (Lipinski definition) is 0. The smallest absolute Gasteiger partial charge is 0.410 e. The van der Waals surface area contributed by atoms with E-state index >= 15 is 0 Å². The van der Waals surface area contributed by atoms with Crippen molar-refractivity contribution in [2.45, 2.75) is 51.3 Å². The Bertz CT molecular complexity index is 926. The highest BCUT2D eigenvalue weighted by atomic mass is 16.6. The average molecular weight is 413 g/mol. The summed E-state index contributed by atoms with van der Waals surface area (Å²) >= 11 is 0. The fraction of sp³-hybridized carbons (Fsp3) is 0.381. The Balaban J connectivity index is 1.80. The molecule has 0 radical (unpaired) electrons. The highest BCUT2D eigenvalue weighted by Crippen LogP contribution is 2.28. The molecule has 0 bridgehead atoms. The van der Waals surface area contributed by atoms with Gasteiger partial charge in [-0.15, -0.1) is 0 Å². The largest absolute Gasteiger partial charge is 0.444 e. The standard InChI is InChI=1S/C21H23N3O6/c25-21(30-15-17-9-5-7-13-20(17)24(28)29)22(18-10-2-1-3-11-18)14-16-8-4-6-12-19(16)23(26)27/h4-9,12-13,18H,1-3,10-11,14-15H2. The maximum Gasteiger partial charge on any atom is 0.410 e. The van der Waals surface area contributed by atoms with Crippen molar-refractivity contribution in [3.05, 3.63) is 79.9 Å². The van der Waals surface area contributed by atoms with E-state index < -0.39 is 15.9 Å². The van der Waals surface area contributed by atoms with Crippen LogP contribution in [0.25, 0.3) is 0 Å². The van der Waals surface area contributed by atoms with Crippen molar-refractivity contribution in [2.75, 3.05) is 0 Å². The van der Waals surface area contributed by atoms with E-state index in [1.807, 2.05) is 0 Å². The van der Waals surface area contributed by atoms with Gasteiger partial charge in [-0.3, -0.25) is 20.2 Å². The maximum absolute atomic E-state index is 12.9. The number of nitrogens with zero attached hydrogens (tertiary/aromatic N) is 3. The summed E-state index contributed by atoms with van der Waals surface area (Å²) in [4.78, 5) is 36.0. The lowest BCUT2D eigenvalue weighted by Gasteiger charge is -2.33. The fourth-order valence-corrected chi connectivity index (χ4v) is 3.77. The molecule has 0 spiro atoms. The van der Waals surface area contributed by atoms with Crippen LogP contribution < -0.4 is 0 Å². The van der Waals surface area contributed by atoms with Gasteiger partial charge in [-0.1, -0.05) is 49.6 Å². The summed E-state index contributed by atoms with van der Waals surface area (Å²) in [6.07, 6.45) is 3.98. The van der Waals surface area contributed by atoms with Crippen LogP contribution in [0.5, 0.6) is 0 Å². The molecule has 0 N–H and O–H groups in total. The molecule has 0 heterocycles. The van der Waals surface area contributed by atoms with E-state index in [-0.39, 0.29) is 30.6 Å². The van der Waals surface area contributed by atoms with Gasteiger partial charge in [0.25, 0.3) is 11.4 Å². The number of hydrogen-bond acceptors (Lipinski definition) is 6. The summed E-state index contributed by atoms with van der Waals surface area (Å²) in [6.45, 7) is -0.187. The van der Waals surface area contributed by atoms with Gasteiger partial charge in [0.1, 0.15) is 6.61 Å². The summed E-state index contributed by atoms with van der Waals surface area (Å²) in [5.74, 6) is 0. The normalized spacial score (nSPS) is 14.1. The first-order valence-electron chi connectivity index (χ1n) is 9.85. The van der Waals surface area contributed by atoms with Gasteiger partial charge in [0.2, 0.25) is 0 Å². The lowest BCUT2D eigenvalue weighted by molar-refractivity contribution is -0.385. The average Bonchev–Trinajstić information content (AvgIpc) is 2.76. The third-order valence-electron chi connectivity index (χ3n) is 5.32. The Morgan fingerprint density at radius 3 is 2.03 bits per heavy atom. The summed E-state index contributed by atoms with van der Waals surface area (Å²) in [5, 5.41) is 22.5. The first kappa shape index (κ1) is 21.2. The second-order valence-corrected chi connectivity index (χ2v) is 7.25. The second-order valence-electron chi connectivity index (χ2n) is 7.25. The van der Waals surface area contributed by atoms with Gasteiger partial charge >= 0.3 is 6.09 Å². The van der Waals surface area contributed by atoms with E-state index in [1.54, 1.807) is 36.4 Å². The van der Waals surface area contributed by atoms with Crippen molar-refractivity contribution in [3.8, 4) is 0 Å². The second kappa shape index (κ2) is 9.82. The molecule has 30 heavy (non-hydrogen) atoms. The van der Waals surface area contributed by atoms with Crippen LogP contribution in [0, 0.1) is 20.2 Å². The molecule has 1 amide bonds. The van der Waals surface area contributed by atoms with E-state index in [2.05, 4.69) is 0 Å². The van der Waals surface area contributed by atoms with E-state index in [0.717, 1.165) is 32.1 Å². The molecule has 2 aromatic carbocycles. The van der Waals surface area contributed by atoms with Crippen LogP contribution in [0.3, 0.4) is 0 Å². The molecule has 1 fully saturated rings. The minimum Gasteiger partial charge on any atom is -0.444 e. The van der Waals surface area contributed by atoms with Crippen LogP contribution in [0.4, 0.5) is 16.2 Å². The molecule has 0 saturated heterocycles. The molecule has 9 heteroatoms. The van der Waals surface area contributed by atoms with Crippen LogP contribution in [0.2, 0.25) is 0 Å². The minimum absolute atomic E-state index is 0.0511. The zero-order valence-corrected chi connectivity index (χ0v) is 16.4. The number of para-hydroxylation sites is 2. The van der Waals surface area contributed by atoms with Crippen LogP contribution in [0.1, 0.15) is 43.2 Å². The number of carbonyl (C=O) groups excluding carboxylic acids is 1. The quantitative estimate of drug-likeness (QED) is 0.467. The van der Waals surface area contributed by atoms with E-state index in [9.17, 15) is 25.0 Å². The molecule has 0 unspecified atom stereocenters. The number of rotatable bonds is 7. The van der Waals surface area contributed by atoms with Crippen LogP contribution in [0.15, 0.2) is 48.5 Å². The van der Waals surface area contributed by atoms with Gasteiger partial charge < -0.3 is 9.64 Å². The third kappa shape index (κ3) is 5.11. The third-order valence-corrected chi connectivity index (χ3v) is 5.32. The van der Waals surface area contributed by atoms with Crippen LogP contribution in [-0.2, 0) is 17.9 Å². The fourth-order valence-electron chi connectivity index (χ4n) is 3.77. The Morgan fingerprint density at radius 2 is 1.43 bits per heavy atom. The molecule has 1 saturated carbocycles. The van der Waals surface area contributed by atoms with Gasteiger partial charge in [-0.2, -0.15) is 0 Å². The van der Waals surface area contributed by atoms with Gasteiger partial charge in [0.05, 0.1) is 22.0 Å². The Morgan fingerprint density at radius 1 is 0.900 bits per heavy atom. The summed E-state index contributed by atoms with van der Waals surface area (Å²) < 4.78 is 5.42. The zero-order valence-electron chi connectivity index (χ0n) is 16.4. The number of nitro groups is 2. The van der Waals surface area contributed by atoms with Crippen molar-refractivity contribution >= 4 is 17.5 Å². The first-order chi connectivity index (χ1) is 14.5. The Labute approximate surface area is 173 Å². The Kier molecular flexibility index (Phi) is 6.95. The maximum atomic E-state index is 12.9. The van der Waals surface area contributed by atoms with Gasteiger partial charge in [-0.25, -0.2) is 4.79 Å². The zero-order chi connectivity index (χ0) is 21.5. The molecule has 3 rings (SSSR count). The minimum atomic E-state index is -0.627. The summed E-state index contributed by atoms with van der Waals surface area (Å²) in [7, 11) is 0.